The van der Waals surface area contributed by atoms with Crippen molar-refractivity contribution in [3.05, 3.63) is 248 Å². The van der Waals surface area contributed by atoms with E-state index in [9.17, 15) is 0 Å². The van der Waals surface area contributed by atoms with Gasteiger partial charge in [0, 0.05) is 22.2 Å². The average molecular weight is 900 g/mol. The molecule has 0 radical (unpaired) electrons. The van der Waals surface area contributed by atoms with Crippen LogP contribution in [0.15, 0.2) is 237 Å². The van der Waals surface area contributed by atoms with Crippen LogP contribution < -0.4 is 25.5 Å². The van der Waals surface area contributed by atoms with Gasteiger partial charge in [0.2, 0.25) is 5.78 Å². The van der Waals surface area contributed by atoms with Gasteiger partial charge in [-0.2, -0.15) is 0 Å². The first-order valence-electron chi connectivity index (χ1n) is 23.9. The van der Waals surface area contributed by atoms with Crippen LogP contribution in [0, 0.1) is 0 Å². The fourth-order valence-corrected chi connectivity index (χ4v) is 16.9. The van der Waals surface area contributed by atoms with Crippen LogP contribution >= 0.6 is 0 Å². The lowest BCUT2D eigenvalue weighted by molar-refractivity contribution is 0.421. The van der Waals surface area contributed by atoms with Crippen LogP contribution in [0.3, 0.4) is 0 Å². The highest BCUT2D eigenvalue weighted by atomic mass is 28.3. The standard InChI is InChI=1S/C64H45N3OSi/c1-64(2)54-31-15-20-36-60(54)68-62-55(64)39-42(66-58-34-18-19-35-59(58)67-57-33-17-16-32-56(57)65-63(66)67)40-61(62)69(43-21-5-3-6-22-43,44-23-7-4-8-24-44)45-37-38-52-50-29-12-11-27-48(50)46-25-9-10-26-47(46)49-28-13-14-30-51(49)53(52)41-45/h3-41H,1-2H3. The summed E-state index contributed by atoms with van der Waals surface area (Å²) < 4.78 is 12.2. The second kappa shape index (κ2) is 15.0. The van der Waals surface area contributed by atoms with E-state index in [-0.39, 0.29) is 0 Å². The molecule has 2 aliphatic rings. The highest BCUT2D eigenvalue weighted by molar-refractivity contribution is 7.20. The summed E-state index contributed by atoms with van der Waals surface area (Å²) in [5.41, 5.74) is 17.0. The van der Waals surface area contributed by atoms with E-state index < -0.39 is 13.5 Å². The van der Waals surface area contributed by atoms with Gasteiger partial charge in [0.15, 0.2) is 8.07 Å². The summed E-state index contributed by atoms with van der Waals surface area (Å²) in [5.74, 6) is 2.69. The van der Waals surface area contributed by atoms with Gasteiger partial charge in [-0.15, -0.1) is 0 Å². The molecule has 0 amide bonds. The summed E-state index contributed by atoms with van der Waals surface area (Å²) in [5, 5.41) is 5.00. The maximum atomic E-state index is 7.51. The van der Waals surface area contributed by atoms with E-state index in [1.165, 1.54) is 65.3 Å². The molecule has 0 saturated heterocycles. The van der Waals surface area contributed by atoms with Crippen LogP contribution in [0.4, 0.5) is 0 Å². The van der Waals surface area contributed by atoms with Crippen LogP contribution in [-0.2, 0) is 5.41 Å². The number of nitrogens with zero attached hydrogens (tertiary/aromatic N) is 3. The molecule has 0 N–H and O–H groups in total. The molecule has 0 atom stereocenters. The summed E-state index contributed by atoms with van der Waals surface area (Å²) in [4.78, 5) is 5.41. The Kier molecular flexibility index (Phi) is 8.61. The molecular formula is C64H45N3OSi. The molecule has 69 heavy (non-hydrogen) atoms. The van der Waals surface area contributed by atoms with E-state index >= 15 is 0 Å². The molecule has 1 aliphatic carbocycles. The SMILES string of the molecule is CC1(C)c2ccccc2Oc2c1cc(-n1c3ccccc3n3c4ccccc4nc13)cc2[Si](c1ccccc1)(c1ccccc1)c1ccc2c(c1)-c1ccccc1-c1ccccc1-c1ccccc1-2. The largest absolute Gasteiger partial charge is 0.457 e. The zero-order valence-corrected chi connectivity index (χ0v) is 39.3. The van der Waals surface area contributed by atoms with Gasteiger partial charge in [-0.3, -0.25) is 8.97 Å². The topological polar surface area (TPSA) is 31.5 Å². The summed E-state index contributed by atoms with van der Waals surface area (Å²) in [7, 11) is -3.41. The van der Waals surface area contributed by atoms with Crippen molar-refractivity contribution in [3.63, 3.8) is 0 Å². The molecule has 0 fully saturated rings. The number of hydrogen-bond acceptors (Lipinski definition) is 2. The summed E-state index contributed by atoms with van der Waals surface area (Å²) >= 11 is 0. The van der Waals surface area contributed by atoms with Crippen LogP contribution in [-0.4, -0.2) is 22.0 Å². The molecule has 0 saturated carbocycles. The van der Waals surface area contributed by atoms with Crippen molar-refractivity contribution in [2.24, 2.45) is 0 Å². The number of aromatic nitrogens is 3. The number of benzene rings is 10. The lowest BCUT2D eigenvalue weighted by Gasteiger charge is -2.41. The third-order valence-corrected chi connectivity index (χ3v) is 19.9. The molecule has 12 aromatic rings. The second-order valence-electron chi connectivity index (χ2n) is 19.0. The quantitative estimate of drug-likeness (QED) is 0.127. The van der Waals surface area contributed by atoms with Crippen molar-refractivity contribution in [1.29, 1.82) is 0 Å². The van der Waals surface area contributed by atoms with Gasteiger partial charge in [-0.25, -0.2) is 4.98 Å². The molecule has 0 unspecified atom stereocenters. The molecule has 326 valence electrons. The monoisotopic (exact) mass is 899 g/mol. The predicted octanol–water partition coefficient (Wildman–Crippen LogP) is 13.2. The molecule has 4 nitrogen and oxygen atoms in total. The Balaban J connectivity index is 1.15. The van der Waals surface area contributed by atoms with E-state index in [1.54, 1.807) is 0 Å². The van der Waals surface area contributed by atoms with Gasteiger partial charge in [0.25, 0.3) is 0 Å². The normalized spacial score (nSPS) is 13.3. The summed E-state index contributed by atoms with van der Waals surface area (Å²) in [6.07, 6.45) is 0. The first-order valence-corrected chi connectivity index (χ1v) is 25.9. The molecule has 10 aromatic carbocycles. The summed E-state index contributed by atoms with van der Waals surface area (Å²) in [6.45, 7) is 4.72. The Hall–Kier alpha value is -8.51. The molecular weight excluding hydrogens is 855 g/mol. The third kappa shape index (κ3) is 5.65. The van der Waals surface area contributed by atoms with Crippen LogP contribution in [0.25, 0.3) is 78.0 Å². The number of para-hydroxylation sites is 5. The number of imidazole rings is 2. The van der Waals surface area contributed by atoms with Crippen molar-refractivity contribution in [2.75, 3.05) is 0 Å². The van der Waals surface area contributed by atoms with Crippen molar-refractivity contribution >= 4 is 56.7 Å². The van der Waals surface area contributed by atoms with Gasteiger partial charge in [-0.1, -0.05) is 208 Å². The zero-order valence-electron chi connectivity index (χ0n) is 38.3. The highest BCUT2D eigenvalue weighted by Crippen LogP contribution is 2.50. The van der Waals surface area contributed by atoms with E-state index in [2.05, 4.69) is 259 Å². The summed E-state index contributed by atoms with van der Waals surface area (Å²) in [6, 6.07) is 87.5. The van der Waals surface area contributed by atoms with Crippen LogP contribution in [0.5, 0.6) is 11.5 Å². The fourth-order valence-electron chi connectivity index (χ4n) is 12.0. The van der Waals surface area contributed by atoms with Crippen LogP contribution in [0.2, 0.25) is 0 Å². The molecule has 5 heteroatoms. The number of hydrogen-bond donors (Lipinski definition) is 0. The van der Waals surface area contributed by atoms with E-state index in [1.807, 2.05) is 0 Å². The van der Waals surface area contributed by atoms with Gasteiger partial charge < -0.3 is 4.74 Å². The Morgan fingerprint density at radius 3 is 1.52 bits per heavy atom. The first-order chi connectivity index (χ1) is 34.0. The molecule has 0 spiro atoms. The van der Waals surface area contributed by atoms with Gasteiger partial charge in [0.05, 0.1) is 22.1 Å². The molecule has 3 heterocycles. The maximum absolute atomic E-state index is 7.51. The lowest BCUT2D eigenvalue weighted by Crippen LogP contribution is -2.75. The number of rotatable bonds is 5. The van der Waals surface area contributed by atoms with Gasteiger partial charge in [-0.05, 0) is 108 Å². The second-order valence-corrected chi connectivity index (χ2v) is 22.8. The molecule has 1 aliphatic heterocycles. The smallest absolute Gasteiger partial charge is 0.220 e. The number of ether oxygens (including phenoxy) is 1. The zero-order chi connectivity index (χ0) is 45.8. The van der Waals surface area contributed by atoms with Gasteiger partial charge >= 0.3 is 0 Å². The Morgan fingerprint density at radius 1 is 0.406 bits per heavy atom. The minimum atomic E-state index is -3.41. The molecule has 2 aromatic heterocycles. The Bertz CT molecular complexity index is 3990. The highest BCUT2D eigenvalue weighted by Gasteiger charge is 2.48. The number of fused-ring (bicyclic) bond motifs is 15. The molecule has 0 bridgehead atoms. The van der Waals surface area contributed by atoms with Crippen LogP contribution in [0.1, 0.15) is 25.0 Å². The fraction of sp³-hybridized carbons (Fsp3) is 0.0469. The Labute approximate surface area is 402 Å². The molecule has 14 rings (SSSR count). The predicted molar refractivity (Wildman–Crippen MR) is 287 cm³/mol. The van der Waals surface area contributed by atoms with Crippen molar-refractivity contribution in [1.82, 2.24) is 14.0 Å². The van der Waals surface area contributed by atoms with Gasteiger partial charge in [0.1, 0.15) is 11.5 Å². The van der Waals surface area contributed by atoms with E-state index in [4.69, 9.17) is 9.72 Å². The average Bonchev–Trinajstić information content (AvgIpc) is 3.94. The van der Waals surface area contributed by atoms with Crippen molar-refractivity contribution in [2.45, 2.75) is 19.3 Å². The third-order valence-electron chi connectivity index (χ3n) is 15.1. The minimum Gasteiger partial charge on any atom is -0.457 e. The van der Waals surface area contributed by atoms with E-state index in [0.29, 0.717) is 0 Å². The first kappa shape index (κ1) is 39.6. The lowest BCUT2D eigenvalue weighted by atomic mass is 9.75. The van der Waals surface area contributed by atoms with Crippen molar-refractivity contribution < 1.29 is 4.74 Å². The maximum Gasteiger partial charge on any atom is 0.220 e. The van der Waals surface area contributed by atoms with E-state index in [0.717, 1.165) is 56.2 Å². The Morgan fingerprint density at radius 2 is 0.899 bits per heavy atom. The minimum absolute atomic E-state index is 0.427. The van der Waals surface area contributed by atoms with Crippen molar-refractivity contribution in [3.8, 4) is 61.7 Å².